The van der Waals surface area contributed by atoms with Gasteiger partial charge in [-0.2, -0.15) is 0 Å². The highest BCUT2D eigenvalue weighted by Gasteiger charge is 2.16. The number of amides is 1. The molecule has 0 atom stereocenters. The minimum Gasteiger partial charge on any atom is -0.472 e. The molecule has 2 rings (SSSR count). The molecular formula is C16H22N4O3. The van der Waals surface area contributed by atoms with Gasteiger partial charge in [-0.3, -0.25) is 0 Å². The lowest BCUT2D eigenvalue weighted by molar-refractivity contribution is 0.0529. The van der Waals surface area contributed by atoms with Crippen molar-refractivity contribution in [2.45, 2.75) is 26.4 Å². The number of alkyl carbamates (subject to hydrolysis) is 1. The molecule has 0 aromatic carbocycles. The minimum atomic E-state index is -0.502. The van der Waals surface area contributed by atoms with E-state index in [4.69, 9.17) is 9.15 Å². The van der Waals surface area contributed by atoms with Crippen molar-refractivity contribution in [3.63, 3.8) is 0 Å². The Bertz CT molecular complexity index is 635. The van der Waals surface area contributed by atoms with E-state index in [2.05, 4.69) is 15.3 Å². The summed E-state index contributed by atoms with van der Waals surface area (Å²) in [6.45, 7) is 6.48. The highest BCUT2D eigenvalue weighted by molar-refractivity contribution is 5.67. The van der Waals surface area contributed by atoms with Gasteiger partial charge in [0, 0.05) is 31.9 Å². The largest absolute Gasteiger partial charge is 0.472 e. The maximum absolute atomic E-state index is 11.6. The smallest absolute Gasteiger partial charge is 0.407 e. The number of rotatable bonds is 5. The van der Waals surface area contributed by atoms with E-state index in [1.807, 2.05) is 44.9 Å². The van der Waals surface area contributed by atoms with E-state index in [9.17, 15) is 4.79 Å². The molecule has 7 nitrogen and oxygen atoms in total. The van der Waals surface area contributed by atoms with Crippen LogP contribution in [0.25, 0.3) is 11.3 Å². The van der Waals surface area contributed by atoms with Crippen LogP contribution in [0.2, 0.25) is 0 Å². The number of aromatic nitrogens is 2. The fraction of sp³-hybridized carbons (Fsp3) is 0.438. The van der Waals surface area contributed by atoms with Gasteiger partial charge < -0.3 is 19.4 Å². The van der Waals surface area contributed by atoms with E-state index < -0.39 is 11.7 Å². The topological polar surface area (TPSA) is 80.5 Å². The summed E-state index contributed by atoms with van der Waals surface area (Å²) in [5, 5.41) is 2.71. The van der Waals surface area contributed by atoms with Crippen LogP contribution in [0.3, 0.4) is 0 Å². The predicted octanol–water partition coefficient (Wildman–Crippen LogP) is 2.70. The number of ether oxygens (including phenoxy) is 1. The molecule has 0 saturated heterocycles. The molecule has 0 spiro atoms. The lowest BCUT2D eigenvalue weighted by atomic mass is 10.2. The zero-order valence-corrected chi connectivity index (χ0v) is 13.9. The van der Waals surface area contributed by atoms with Crippen molar-refractivity contribution < 1.29 is 13.9 Å². The lowest BCUT2D eigenvalue weighted by Gasteiger charge is -2.21. The molecule has 124 valence electrons. The number of carbonyl (C=O) groups excluding carboxylic acids is 1. The van der Waals surface area contributed by atoms with Crippen LogP contribution in [0.4, 0.5) is 10.7 Å². The number of hydrogen-bond acceptors (Lipinski definition) is 6. The first-order chi connectivity index (χ1) is 10.8. The van der Waals surface area contributed by atoms with Gasteiger partial charge in [-0.25, -0.2) is 14.8 Å². The minimum absolute atomic E-state index is 0.432. The standard InChI is InChI=1S/C16H22N4O3/c1-16(2,3)23-15(21)18-8-9-20(4)14-17-7-5-13(19-14)12-6-10-22-11-12/h5-7,10-11H,8-9H2,1-4H3,(H,18,21). The molecule has 0 unspecified atom stereocenters. The molecule has 0 aliphatic rings. The Morgan fingerprint density at radius 3 is 2.83 bits per heavy atom. The summed E-state index contributed by atoms with van der Waals surface area (Å²) >= 11 is 0. The van der Waals surface area contributed by atoms with Crippen molar-refractivity contribution in [2.75, 3.05) is 25.0 Å². The van der Waals surface area contributed by atoms with Crippen LogP contribution in [0.5, 0.6) is 0 Å². The number of nitrogens with zero attached hydrogens (tertiary/aromatic N) is 3. The van der Waals surface area contributed by atoms with E-state index in [0.29, 0.717) is 19.0 Å². The first-order valence-electron chi connectivity index (χ1n) is 7.39. The normalized spacial score (nSPS) is 11.1. The van der Waals surface area contributed by atoms with E-state index in [1.165, 1.54) is 0 Å². The van der Waals surface area contributed by atoms with Crippen molar-refractivity contribution in [3.05, 3.63) is 30.9 Å². The van der Waals surface area contributed by atoms with Gasteiger partial charge in [0.25, 0.3) is 0 Å². The maximum Gasteiger partial charge on any atom is 0.407 e. The monoisotopic (exact) mass is 318 g/mol. The van der Waals surface area contributed by atoms with Crippen molar-refractivity contribution in [1.82, 2.24) is 15.3 Å². The van der Waals surface area contributed by atoms with Crippen LogP contribution in [0.1, 0.15) is 20.8 Å². The van der Waals surface area contributed by atoms with E-state index in [1.54, 1.807) is 18.7 Å². The molecule has 0 bridgehead atoms. The quantitative estimate of drug-likeness (QED) is 0.913. The molecule has 2 aromatic rings. The fourth-order valence-corrected chi connectivity index (χ4v) is 1.84. The van der Waals surface area contributed by atoms with Crippen molar-refractivity contribution in [3.8, 4) is 11.3 Å². The Balaban J connectivity index is 1.88. The van der Waals surface area contributed by atoms with Crippen LogP contribution < -0.4 is 10.2 Å². The van der Waals surface area contributed by atoms with Gasteiger partial charge in [0.1, 0.15) is 5.60 Å². The van der Waals surface area contributed by atoms with Crippen LogP contribution in [0.15, 0.2) is 35.3 Å². The first-order valence-corrected chi connectivity index (χ1v) is 7.39. The fourth-order valence-electron chi connectivity index (χ4n) is 1.84. The summed E-state index contributed by atoms with van der Waals surface area (Å²) in [6, 6.07) is 3.66. The molecule has 23 heavy (non-hydrogen) atoms. The third kappa shape index (κ3) is 5.28. The Morgan fingerprint density at radius 2 is 2.17 bits per heavy atom. The summed E-state index contributed by atoms with van der Waals surface area (Å²) in [5.74, 6) is 0.578. The molecule has 1 N–H and O–H groups in total. The van der Waals surface area contributed by atoms with Gasteiger partial charge >= 0.3 is 6.09 Å². The number of nitrogens with one attached hydrogen (secondary N) is 1. The summed E-state index contributed by atoms with van der Waals surface area (Å²) in [4.78, 5) is 22.2. The maximum atomic E-state index is 11.6. The molecule has 0 aliphatic heterocycles. The average molecular weight is 318 g/mol. The number of furan rings is 1. The summed E-state index contributed by atoms with van der Waals surface area (Å²) in [6.07, 6.45) is 4.50. The van der Waals surface area contributed by atoms with Gasteiger partial charge in [-0.15, -0.1) is 0 Å². The number of hydrogen-bond donors (Lipinski definition) is 1. The summed E-state index contributed by atoms with van der Waals surface area (Å²) in [7, 11) is 1.87. The van der Waals surface area contributed by atoms with Gasteiger partial charge in [-0.05, 0) is 32.9 Å². The third-order valence-corrected chi connectivity index (χ3v) is 2.92. The second kappa shape index (κ2) is 7.13. The van der Waals surface area contributed by atoms with E-state index in [0.717, 1.165) is 11.3 Å². The Kier molecular flexibility index (Phi) is 5.20. The Morgan fingerprint density at radius 1 is 1.39 bits per heavy atom. The molecule has 1 amide bonds. The molecular weight excluding hydrogens is 296 g/mol. The SMILES string of the molecule is CN(CCNC(=O)OC(C)(C)C)c1nccc(-c2ccoc2)n1. The van der Waals surface area contributed by atoms with Crippen LogP contribution in [0, 0.1) is 0 Å². The van der Waals surface area contributed by atoms with Crippen LogP contribution in [-0.4, -0.2) is 41.8 Å². The van der Waals surface area contributed by atoms with Gasteiger partial charge in [-0.1, -0.05) is 0 Å². The van der Waals surface area contributed by atoms with Gasteiger partial charge in [0.15, 0.2) is 0 Å². The number of carbonyl (C=O) groups is 1. The summed E-state index contributed by atoms with van der Waals surface area (Å²) in [5.41, 5.74) is 1.18. The molecule has 2 heterocycles. The van der Waals surface area contributed by atoms with Gasteiger partial charge in [0.05, 0.1) is 18.2 Å². The van der Waals surface area contributed by atoms with Gasteiger partial charge in [0.2, 0.25) is 5.95 Å². The molecule has 0 saturated carbocycles. The lowest BCUT2D eigenvalue weighted by Crippen LogP contribution is -2.37. The number of anilines is 1. The second-order valence-electron chi connectivity index (χ2n) is 6.10. The van der Waals surface area contributed by atoms with Crippen molar-refractivity contribution in [2.24, 2.45) is 0 Å². The highest BCUT2D eigenvalue weighted by atomic mass is 16.6. The first kappa shape index (κ1) is 16.8. The van der Waals surface area contributed by atoms with E-state index in [-0.39, 0.29) is 0 Å². The predicted molar refractivity (Wildman–Crippen MR) is 87.2 cm³/mol. The molecule has 7 heteroatoms. The molecule has 0 radical (unpaired) electrons. The Hall–Kier alpha value is -2.57. The molecule has 0 aliphatic carbocycles. The second-order valence-corrected chi connectivity index (χ2v) is 6.10. The van der Waals surface area contributed by atoms with Crippen molar-refractivity contribution >= 4 is 12.0 Å². The molecule has 2 aromatic heterocycles. The van der Waals surface area contributed by atoms with E-state index >= 15 is 0 Å². The zero-order valence-electron chi connectivity index (χ0n) is 13.9. The molecule has 0 fully saturated rings. The highest BCUT2D eigenvalue weighted by Crippen LogP contribution is 2.18. The number of likely N-dealkylation sites (N-methyl/N-ethyl adjacent to an activating group) is 1. The average Bonchev–Trinajstić information content (AvgIpc) is 2.99. The van der Waals surface area contributed by atoms with Crippen LogP contribution >= 0.6 is 0 Å². The zero-order chi connectivity index (χ0) is 16.9. The van der Waals surface area contributed by atoms with Crippen molar-refractivity contribution in [1.29, 1.82) is 0 Å². The Labute approximate surface area is 135 Å². The third-order valence-electron chi connectivity index (χ3n) is 2.92. The summed E-state index contributed by atoms with van der Waals surface area (Å²) < 4.78 is 10.2. The van der Waals surface area contributed by atoms with Crippen LogP contribution in [-0.2, 0) is 4.74 Å².